The van der Waals surface area contributed by atoms with E-state index in [1.165, 1.54) is 11.1 Å². The minimum atomic E-state index is 0.0909. The summed E-state index contributed by atoms with van der Waals surface area (Å²) in [4.78, 5) is 17.6. The van der Waals surface area contributed by atoms with Crippen LogP contribution in [-0.4, -0.2) is 47.4 Å². The maximum Gasteiger partial charge on any atom is 0.243 e. The first kappa shape index (κ1) is 21.5. The van der Waals surface area contributed by atoms with E-state index in [4.69, 9.17) is 4.74 Å². The number of rotatable bonds is 8. The monoisotopic (exact) mass is 398 g/mol. The predicted octanol–water partition coefficient (Wildman–Crippen LogP) is 4.06. The van der Waals surface area contributed by atoms with Crippen LogP contribution in [0.5, 0.6) is 0 Å². The highest BCUT2D eigenvalue weighted by Crippen LogP contribution is 2.35. The second kappa shape index (κ2) is 9.55. The molecule has 0 unspecified atom stereocenters. The Balaban J connectivity index is 1.86. The average Bonchev–Trinajstić information content (AvgIpc) is 3.28. The van der Waals surface area contributed by atoms with E-state index in [0.29, 0.717) is 13.2 Å². The zero-order valence-electron chi connectivity index (χ0n) is 18.4. The zero-order chi connectivity index (χ0) is 21.0. The Kier molecular flexibility index (Phi) is 7.09. The van der Waals surface area contributed by atoms with Gasteiger partial charge in [0.2, 0.25) is 5.91 Å². The summed E-state index contributed by atoms with van der Waals surface area (Å²) in [7, 11) is 0. The molecule has 29 heavy (non-hydrogen) atoms. The zero-order valence-corrected chi connectivity index (χ0v) is 18.4. The Labute approximate surface area is 174 Å². The average molecular weight is 399 g/mol. The Bertz CT molecular complexity index is 826. The molecule has 1 aliphatic rings. The Hall–Kier alpha value is -2.18. The Morgan fingerprint density at radius 1 is 1.31 bits per heavy atom. The maximum absolute atomic E-state index is 13.5. The Morgan fingerprint density at radius 2 is 2.10 bits per heavy atom. The molecule has 0 spiro atoms. The van der Waals surface area contributed by atoms with Crippen LogP contribution in [0.25, 0.3) is 0 Å². The van der Waals surface area contributed by atoms with Crippen LogP contribution in [0.4, 0.5) is 5.69 Å². The van der Waals surface area contributed by atoms with E-state index in [9.17, 15) is 4.79 Å². The smallest absolute Gasteiger partial charge is 0.243 e. The number of ether oxygens (including phenoxy) is 1. The van der Waals surface area contributed by atoms with Gasteiger partial charge in [0.15, 0.2) is 0 Å². The van der Waals surface area contributed by atoms with Crippen molar-refractivity contribution < 1.29 is 9.53 Å². The number of H-pyrrole nitrogens is 1. The lowest BCUT2D eigenvalue weighted by atomic mass is 10.0. The number of nitrogens with one attached hydrogen (secondary N) is 1. The summed E-state index contributed by atoms with van der Waals surface area (Å²) in [5.41, 5.74) is 6.67. The molecule has 1 N–H and O–H groups in total. The van der Waals surface area contributed by atoms with Gasteiger partial charge in [-0.15, -0.1) is 0 Å². The molecule has 1 amide bonds. The molecule has 2 heterocycles. The largest absolute Gasteiger partial charge is 0.361 e. The van der Waals surface area contributed by atoms with Gasteiger partial charge >= 0.3 is 0 Å². The van der Waals surface area contributed by atoms with Crippen LogP contribution in [0.3, 0.4) is 0 Å². The number of aromatic amines is 1. The lowest BCUT2D eigenvalue weighted by Crippen LogP contribution is -2.42. The first-order chi connectivity index (χ1) is 14.0. The van der Waals surface area contributed by atoms with Gasteiger partial charge in [0.05, 0.1) is 17.9 Å². The van der Waals surface area contributed by atoms with Gasteiger partial charge in [-0.05, 0) is 64.6 Å². The first-order valence-electron chi connectivity index (χ1n) is 10.7. The van der Waals surface area contributed by atoms with Crippen LogP contribution in [0, 0.1) is 20.8 Å². The van der Waals surface area contributed by atoms with E-state index in [0.717, 1.165) is 48.4 Å². The number of hydrogen-bond donors (Lipinski definition) is 1. The lowest BCUT2D eigenvalue weighted by molar-refractivity contribution is -0.121. The summed E-state index contributed by atoms with van der Waals surface area (Å²) >= 11 is 0. The number of amides is 1. The minimum absolute atomic E-state index is 0.0909. The number of hydrogen-bond acceptors (Lipinski definition) is 4. The van der Waals surface area contributed by atoms with Gasteiger partial charge in [0, 0.05) is 23.9 Å². The molecular formula is C23H34N4O2. The predicted molar refractivity (Wildman–Crippen MR) is 116 cm³/mol. The lowest BCUT2D eigenvalue weighted by Gasteiger charge is -2.30. The van der Waals surface area contributed by atoms with Crippen molar-refractivity contribution in [3.63, 3.8) is 0 Å². The van der Waals surface area contributed by atoms with Gasteiger partial charge < -0.3 is 4.74 Å². The first-order valence-corrected chi connectivity index (χ1v) is 10.7. The van der Waals surface area contributed by atoms with Gasteiger partial charge in [-0.2, -0.15) is 5.10 Å². The fraction of sp³-hybridized carbons (Fsp3) is 0.565. The molecular weight excluding hydrogens is 364 g/mol. The standard InChI is InChI=1S/C23H34N4O2/c1-6-19-11-8-10-16(3)23(19)27(15-29-7-2)21(28)14-26-13-9-12-20(26)22-17(4)24-25-18(22)5/h8,10-11,20H,6-7,9,12-15H2,1-5H3,(H,24,25)/t20-/m0/s1. The van der Waals surface area contributed by atoms with Gasteiger partial charge in [-0.1, -0.05) is 25.1 Å². The molecule has 6 heteroatoms. The van der Waals surface area contributed by atoms with Crippen LogP contribution in [0.2, 0.25) is 0 Å². The van der Waals surface area contributed by atoms with Crippen LogP contribution in [0.1, 0.15) is 60.8 Å². The van der Waals surface area contributed by atoms with E-state index in [1.807, 2.05) is 18.7 Å². The number of aryl methyl sites for hydroxylation is 4. The van der Waals surface area contributed by atoms with Gasteiger partial charge in [-0.3, -0.25) is 19.7 Å². The van der Waals surface area contributed by atoms with Crippen molar-refractivity contribution in [2.45, 2.75) is 59.9 Å². The number of likely N-dealkylation sites (tertiary alicyclic amines) is 1. The number of aromatic nitrogens is 2. The molecule has 0 aliphatic carbocycles. The maximum atomic E-state index is 13.5. The van der Waals surface area contributed by atoms with Crippen LogP contribution in [-0.2, 0) is 16.0 Å². The summed E-state index contributed by atoms with van der Waals surface area (Å²) in [6.45, 7) is 12.4. The third-order valence-electron chi connectivity index (χ3n) is 5.92. The number of carbonyl (C=O) groups is 1. The van der Waals surface area contributed by atoms with E-state index < -0.39 is 0 Å². The van der Waals surface area contributed by atoms with Gasteiger partial charge in [0.25, 0.3) is 0 Å². The van der Waals surface area contributed by atoms with Crippen LogP contribution < -0.4 is 4.90 Å². The molecule has 0 radical (unpaired) electrons. The van der Waals surface area contributed by atoms with Crippen molar-refractivity contribution in [3.05, 3.63) is 46.3 Å². The number of nitrogens with zero attached hydrogens (tertiary/aromatic N) is 3. The molecule has 6 nitrogen and oxygen atoms in total. The Morgan fingerprint density at radius 3 is 2.76 bits per heavy atom. The minimum Gasteiger partial charge on any atom is -0.361 e. The van der Waals surface area contributed by atoms with E-state index in [-0.39, 0.29) is 18.7 Å². The third kappa shape index (κ3) is 4.54. The van der Waals surface area contributed by atoms with E-state index in [2.05, 4.69) is 54.1 Å². The fourth-order valence-electron chi connectivity index (χ4n) is 4.49. The number of carbonyl (C=O) groups excluding carboxylic acids is 1. The molecule has 1 aromatic carbocycles. The quantitative estimate of drug-likeness (QED) is 0.681. The summed E-state index contributed by atoms with van der Waals surface area (Å²) in [5.74, 6) is 0.0909. The molecule has 1 fully saturated rings. The summed E-state index contributed by atoms with van der Waals surface area (Å²) in [6, 6.07) is 6.47. The topological polar surface area (TPSA) is 61.5 Å². The van der Waals surface area contributed by atoms with Crippen LogP contribution >= 0.6 is 0 Å². The third-order valence-corrected chi connectivity index (χ3v) is 5.92. The fourth-order valence-corrected chi connectivity index (χ4v) is 4.49. The van der Waals surface area contributed by atoms with Crippen molar-refractivity contribution >= 4 is 11.6 Å². The number of benzene rings is 1. The molecule has 1 aromatic heterocycles. The molecule has 3 rings (SSSR count). The van der Waals surface area contributed by atoms with Crippen molar-refractivity contribution in [2.75, 3.05) is 31.3 Å². The summed E-state index contributed by atoms with van der Waals surface area (Å²) in [5, 5.41) is 7.46. The van der Waals surface area contributed by atoms with Crippen molar-refractivity contribution in [1.82, 2.24) is 15.1 Å². The highest BCUT2D eigenvalue weighted by molar-refractivity contribution is 5.96. The highest BCUT2D eigenvalue weighted by Gasteiger charge is 2.32. The van der Waals surface area contributed by atoms with Gasteiger partial charge in [-0.25, -0.2) is 0 Å². The molecule has 0 bridgehead atoms. The number of anilines is 1. The molecule has 1 saturated heterocycles. The van der Waals surface area contributed by atoms with Crippen molar-refractivity contribution in [2.24, 2.45) is 0 Å². The second-order valence-electron chi connectivity index (χ2n) is 7.86. The summed E-state index contributed by atoms with van der Waals surface area (Å²) in [6.07, 6.45) is 3.04. The van der Waals surface area contributed by atoms with Gasteiger partial charge in [0.1, 0.15) is 6.73 Å². The van der Waals surface area contributed by atoms with Crippen molar-refractivity contribution in [1.29, 1.82) is 0 Å². The van der Waals surface area contributed by atoms with Crippen molar-refractivity contribution in [3.8, 4) is 0 Å². The normalized spacial score (nSPS) is 17.1. The SMILES string of the molecule is CCOCN(C(=O)CN1CCC[C@H]1c1c(C)n[nH]c1C)c1c(C)cccc1CC. The highest BCUT2D eigenvalue weighted by atomic mass is 16.5. The molecule has 158 valence electrons. The molecule has 1 aliphatic heterocycles. The van der Waals surface area contributed by atoms with E-state index >= 15 is 0 Å². The molecule has 1 atom stereocenters. The van der Waals surface area contributed by atoms with E-state index in [1.54, 1.807) is 0 Å². The second-order valence-corrected chi connectivity index (χ2v) is 7.86. The van der Waals surface area contributed by atoms with Crippen LogP contribution in [0.15, 0.2) is 18.2 Å². The number of para-hydroxylation sites is 1. The summed E-state index contributed by atoms with van der Waals surface area (Å²) < 4.78 is 5.70. The molecule has 0 saturated carbocycles. The molecule has 2 aromatic rings.